The Bertz CT molecular complexity index is 452. The van der Waals surface area contributed by atoms with Gasteiger partial charge in [0.15, 0.2) is 17.2 Å². The highest BCUT2D eigenvalue weighted by molar-refractivity contribution is 7.46. The fourth-order valence-electron chi connectivity index (χ4n) is 0.883. The van der Waals surface area contributed by atoms with Gasteiger partial charge in [-0.2, -0.15) is 0 Å². The quantitative estimate of drug-likeness (QED) is 0.365. The smallest absolute Gasteiger partial charge is 0.504 e. The average Bonchev–Trinajstić information content (AvgIpc) is 2.10. The predicted octanol–water partition coefficient (Wildman–Crippen LogP) is 0.0529. The van der Waals surface area contributed by atoms with Crippen LogP contribution in [0.5, 0.6) is 17.2 Å². The molecule has 0 unspecified atom stereocenters. The Morgan fingerprint density at radius 2 is 1.56 bits per heavy atom. The summed E-state index contributed by atoms with van der Waals surface area (Å²) < 4.78 is 14.0. The van der Waals surface area contributed by atoms with Gasteiger partial charge < -0.3 is 19.8 Å². The summed E-state index contributed by atoms with van der Waals surface area (Å²) in [5.74, 6) is -3.94. The minimum atomic E-state index is -5.00. The number of carbonyl (C=O) groups excluding carboxylic acids is 1. The standard InChI is InChI=1S/C7H7O8P/c8-4-1-3(2-5(9)6(4)10)7(11)15-16(12,13)14/h1-2,8-10H,(H2,12,13,14). The van der Waals surface area contributed by atoms with Gasteiger partial charge in [-0.1, -0.05) is 0 Å². The molecule has 88 valence electrons. The van der Waals surface area contributed by atoms with Gasteiger partial charge in [-0.3, -0.25) is 9.79 Å². The molecule has 0 bridgehead atoms. The molecule has 0 aliphatic carbocycles. The van der Waals surface area contributed by atoms with Crippen molar-refractivity contribution in [2.24, 2.45) is 0 Å². The number of rotatable bonds is 2. The molecule has 0 radical (unpaired) electrons. The van der Waals surface area contributed by atoms with E-state index >= 15 is 0 Å². The maximum atomic E-state index is 11.1. The summed E-state index contributed by atoms with van der Waals surface area (Å²) in [6.45, 7) is 0. The first-order valence-electron chi connectivity index (χ1n) is 3.75. The van der Waals surface area contributed by atoms with E-state index in [1.807, 2.05) is 0 Å². The zero-order valence-electron chi connectivity index (χ0n) is 7.56. The van der Waals surface area contributed by atoms with E-state index in [4.69, 9.17) is 25.1 Å². The molecule has 0 aliphatic rings. The Morgan fingerprint density at radius 1 is 1.12 bits per heavy atom. The first-order chi connectivity index (χ1) is 7.20. The van der Waals surface area contributed by atoms with E-state index in [1.165, 1.54) is 0 Å². The number of phenolic OH excluding ortho intramolecular Hbond substituents is 3. The summed E-state index contributed by atoms with van der Waals surface area (Å²) in [7, 11) is -5.00. The number of phosphoric ester groups is 1. The van der Waals surface area contributed by atoms with E-state index in [0.29, 0.717) is 12.1 Å². The van der Waals surface area contributed by atoms with Crippen LogP contribution in [0, 0.1) is 0 Å². The second-order valence-corrected chi connectivity index (χ2v) is 3.90. The van der Waals surface area contributed by atoms with Gasteiger partial charge in [0.25, 0.3) is 0 Å². The molecular weight excluding hydrogens is 243 g/mol. The van der Waals surface area contributed by atoms with Crippen molar-refractivity contribution < 1.29 is 39.0 Å². The predicted molar refractivity (Wildman–Crippen MR) is 48.9 cm³/mol. The summed E-state index contributed by atoms with van der Waals surface area (Å²) in [5.41, 5.74) is -0.517. The molecule has 0 atom stereocenters. The van der Waals surface area contributed by atoms with Gasteiger partial charge in [0.1, 0.15) is 0 Å². The van der Waals surface area contributed by atoms with Crippen molar-refractivity contribution in [2.75, 3.05) is 0 Å². The number of phosphoric acid groups is 1. The molecule has 1 rings (SSSR count). The topological polar surface area (TPSA) is 145 Å². The third kappa shape index (κ3) is 2.86. The molecule has 1 aromatic carbocycles. The van der Waals surface area contributed by atoms with Crippen LogP contribution in [0.1, 0.15) is 10.4 Å². The van der Waals surface area contributed by atoms with Crippen molar-refractivity contribution >= 4 is 13.8 Å². The molecule has 0 fully saturated rings. The van der Waals surface area contributed by atoms with Gasteiger partial charge in [-0.25, -0.2) is 9.36 Å². The minimum absolute atomic E-state index is 0.517. The van der Waals surface area contributed by atoms with Gasteiger partial charge in [-0.05, 0) is 12.1 Å². The van der Waals surface area contributed by atoms with Crippen LogP contribution in [-0.4, -0.2) is 31.1 Å². The zero-order valence-corrected chi connectivity index (χ0v) is 8.46. The lowest BCUT2D eigenvalue weighted by Crippen LogP contribution is -2.02. The fourth-order valence-corrected chi connectivity index (χ4v) is 1.20. The van der Waals surface area contributed by atoms with Gasteiger partial charge in [0.05, 0.1) is 5.56 Å². The third-order valence-corrected chi connectivity index (χ3v) is 1.91. The minimum Gasteiger partial charge on any atom is -0.504 e. The maximum Gasteiger partial charge on any atom is 0.527 e. The number of phenols is 3. The van der Waals surface area contributed by atoms with Crippen LogP contribution >= 0.6 is 7.82 Å². The van der Waals surface area contributed by atoms with E-state index in [2.05, 4.69) is 4.52 Å². The summed E-state index contributed by atoms with van der Waals surface area (Å²) in [6, 6.07) is 1.38. The monoisotopic (exact) mass is 250 g/mol. The van der Waals surface area contributed by atoms with Crippen molar-refractivity contribution in [3.63, 3.8) is 0 Å². The largest absolute Gasteiger partial charge is 0.527 e. The number of hydrogen-bond acceptors (Lipinski definition) is 6. The van der Waals surface area contributed by atoms with Crippen molar-refractivity contribution in [3.05, 3.63) is 17.7 Å². The highest BCUT2D eigenvalue weighted by atomic mass is 31.2. The molecule has 0 saturated heterocycles. The molecule has 0 heterocycles. The maximum absolute atomic E-state index is 11.1. The third-order valence-electron chi connectivity index (χ3n) is 1.51. The van der Waals surface area contributed by atoms with Gasteiger partial charge in [0, 0.05) is 0 Å². The van der Waals surface area contributed by atoms with Crippen molar-refractivity contribution in [3.8, 4) is 17.2 Å². The van der Waals surface area contributed by atoms with Crippen LogP contribution in [0.2, 0.25) is 0 Å². The highest BCUT2D eigenvalue weighted by Crippen LogP contribution is 2.39. The van der Waals surface area contributed by atoms with Crippen LogP contribution in [0.25, 0.3) is 0 Å². The van der Waals surface area contributed by atoms with Crippen LogP contribution < -0.4 is 0 Å². The molecule has 0 spiro atoms. The van der Waals surface area contributed by atoms with Crippen molar-refractivity contribution in [2.45, 2.75) is 0 Å². The first kappa shape index (κ1) is 12.3. The average molecular weight is 250 g/mol. The second-order valence-electron chi connectivity index (χ2n) is 2.73. The molecule has 16 heavy (non-hydrogen) atoms. The molecule has 9 heteroatoms. The number of carbonyl (C=O) groups is 1. The van der Waals surface area contributed by atoms with Crippen LogP contribution in [0.15, 0.2) is 12.1 Å². The Balaban J connectivity index is 3.07. The number of aromatic hydroxyl groups is 3. The Morgan fingerprint density at radius 3 is 1.94 bits per heavy atom. The van der Waals surface area contributed by atoms with E-state index < -0.39 is 36.6 Å². The van der Waals surface area contributed by atoms with Gasteiger partial charge in [0.2, 0.25) is 0 Å². The van der Waals surface area contributed by atoms with E-state index in [1.54, 1.807) is 0 Å². The van der Waals surface area contributed by atoms with Gasteiger partial charge in [-0.15, -0.1) is 0 Å². The van der Waals surface area contributed by atoms with Gasteiger partial charge >= 0.3 is 13.8 Å². The summed E-state index contributed by atoms with van der Waals surface area (Å²) in [5, 5.41) is 27.0. The molecule has 0 aliphatic heterocycles. The summed E-state index contributed by atoms with van der Waals surface area (Å²) in [6.07, 6.45) is 0. The SMILES string of the molecule is O=C(OP(=O)(O)O)c1cc(O)c(O)c(O)c1. The second kappa shape index (κ2) is 4.01. The fraction of sp³-hybridized carbons (Fsp3) is 0. The number of benzene rings is 1. The Kier molecular flexibility index (Phi) is 3.09. The van der Waals surface area contributed by atoms with Crippen molar-refractivity contribution in [1.29, 1.82) is 0 Å². The van der Waals surface area contributed by atoms with Crippen LogP contribution in [0.3, 0.4) is 0 Å². The zero-order chi connectivity index (χ0) is 12.5. The van der Waals surface area contributed by atoms with Crippen LogP contribution in [-0.2, 0) is 9.09 Å². The Labute approximate surface area is 88.6 Å². The first-order valence-corrected chi connectivity index (χ1v) is 5.28. The lowest BCUT2D eigenvalue weighted by molar-refractivity contribution is 0.0677. The lowest BCUT2D eigenvalue weighted by Gasteiger charge is -2.07. The summed E-state index contributed by atoms with van der Waals surface area (Å²) >= 11 is 0. The molecule has 0 aromatic heterocycles. The van der Waals surface area contributed by atoms with E-state index in [9.17, 15) is 9.36 Å². The van der Waals surface area contributed by atoms with Crippen LogP contribution in [0.4, 0.5) is 0 Å². The van der Waals surface area contributed by atoms with Crippen molar-refractivity contribution in [1.82, 2.24) is 0 Å². The molecule has 1 aromatic rings. The normalized spacial score (nSPS) is 11.1. The van der Waals surface area contributed by atoms with E-state index in [0.717, 1.165) is 0 Å². The molecule has 0 saturated carbocycles. The molecule has 8 nitrogen and oxygen atoms in total. The molecule has 5 N–H and O–H groups in total. The molecule has 0 amide bonds. The summed E-state index contributed by atoms with van der Waals surface area (Å²) in [4.78, 5) is 27.7. The number of hydrogen-bond donors (Lipinski definition) is 5. The highest BCUT2D eigenvalue weighted by Gasteiger charge is 2.23. The molecular formula is C7H7O8P. The van der Waals surface area contributed by atoms with E-state index in [-0.39, 0.29) is 0 Å². The Hall–Kier alpha value is -1.76. The lowest BCUT2D eigenvalue weighted by atomic mass is 10.2.